The number of benzene rings is 2. The van der Waals surface area contributed by atoms with E-state index in [1.807, 2.05) is 18.2 Å². The van der Waals surface area contributed by atoms with Crippen molar-refractivity contribution in [3.8, 4) is 0 Å². The maximum Gasteiger partial charge on any atom is 0.131 e. The topological polar surface area (TPSA) is 45.1 Å². The van der Waals surface area contributed by atoms with Gasteiger partial charge in [-0.1, -0.05) is 23.7 Å². The third kappa shape index (κ3) is 3.53. The summed E-state index contributed by atoms with van der Waals surface area (Å²) in [7, 11) is 0. The second-order valence-electron chi connectivity index (χ2n) is 5.42. The number of aliphatic hydroxyl groups is 1. The van der Waals surface area contributed by atoms with Crippen LogP contribution < -0.4 is 5.32 Å². The summed E-state index contributed by atoms with van der Waals surface area (Å²) in [4.78, 5) is 4.33. The van der Waals surface area contributed by atoms with E-state index in [1.165, 1.54) is 6.07 Å². The van der Waals surface area contributed by atoms with Crippen LogP contribution in [0.5, 0.6) is 0 Å². The quantitative estimate of drug-likeness (QED) is 0.733. The standard InChI is InChI=1S/C18H15ClF2N2O/c19-13-7-11-3-2-6-23-18(11)12(8-13)9-22-10-16(24)17-14(20)4-1-5-15(17)21/h1-8,16,22,24H,9-10H2. The molecule has 1 atom stereocenters. The van der Waals surface area contributed by atoms with Crippen LogP contribution in [0, 0.1) is 11.6 Å². The fourth-order valence-electron chi connectivity index (χ4n) is 2.64. The second-order valence-corrected chi connectivity index (χ2v) is 5.86. The average Bonchev–Trinajstić information content (AvgIpc) is 2.54. The van der Waals surface area contributed by atoms with Gasteiger partial charge in [0, 0.05) is 29.7 Å². The van der Waals surface area contributed by atoms with E-state index < -0.39 is 17.7 Å². The molecule has 0 saturated carbocycles. The number of hydrogen-bond acceptors (Lipinski definition) is 3. The summed E-state index contributed by atoms with van der Waals surface area (Å²) < 4.78 is 27.3. The summed E-state index contributed by atoms with van der Waals surface area (Å²) in [5, 5.41) is 14.5. The molecule has 0 saturated heterocycles. The van der Waals surface area contributed by atoms with Crippen LogP contribution in [0.1, 0.15) is 17.2 Å². The van der Waals surface area contributed by atoms with Gasteiger partial charge in [0.15, 0.2) is 0 Å². The van der Waals surface area contributed by atoms with Gasteiger partial charge in [-0.3, -0.25) is 4.98 Å². The molecule has 0 amide bonds. The van der Waals surface area contributed by atoms with E-state index in [0.717, 1.165) is 28.6 Å². The second kappa shape index (κ2) is 7.21. The Labute approximate surface area is 142 Å². The van der Waals surface area contributed by atoms with E-state index in [1.54, 1.807) is 12.3 Å². The van der Waals surface area contributed by atoms with Crippen LogP contribution in [0.25, 0.3) is 10.9 Å². The molecule has 0 radical (unpaired) electrons. The molecule has 1 heterocycles. The highest BCUT2D eigenvalue weighted by Gasteiger charge is 2.17. The molecule has 3 aromatic rings. The van der Waals surface area contributed by atoms with Crippen LogP contribution in [0.3, 0.4) is 0 Å². The summed E-state index contributed by atoms with van der Waals surface area (Å²) in [5.74, 6) is -1.53. The van der Waals surface area contributed by atoms with Crippen LogP contribution in [0.2, 0.25) is 5.02 Å². The predicted molar refractivity (Wildman–Crippen MR) is 89.8 cm³/mol. The van der Waals surface area contributed by atoms with Crippen LogP contribution in [-0.2, 0) is 6.54 Å². The van der Waals surface area contributed by atoms with Crippen molar-refractivity contribution in [2.75, 3.05) is 6.54 Å². The predicted octanol–water partition coefficient (Wildman–Crippen LogP) is 3.99. The van der Waals surface area contributed by atoms with Crippen molar-refractivity contribution in [3.05, 3.63) is 76.4 Å². The fourth-order valence-corrected chi connectivity index (χ4v) is 2.89. The van der Waals surface area contributed by atoms with Gasteiger partial charge in [0.1, 0.15) is 11.6 Å². The van der Waals surface area contributed by atoms with Gasteiger partial charge < -0.3 is 10.4 Å². The highest BCUT2D eigenvalue weighted by atomic mass is 35.5. The van der Waals surface area contributed by atoms with E-state index in [-0.39, 0.29) is 12.1 Å². The molecule has 2 aromatic carbocycles. The molecule has 1 unspecified atom stereocenters. The lowest BCUT2D eigenvalue weighted by Crippen LogP contribution is -2.22. The lowest BCUT2D eigenvalue weighted by atomic mass is 10.1. The molecule has 0 aliphatic rings. The molecule has 1 aromatic heterocycles. The van der Waals surface area contributed by atoms with Gasteiger partial charge in [-0.15, -0.1) is 0 Å². The first-order chi connectivity index (χ1) is 11.6. The van der Waals surface area contributed by atoms with Gasteiger partial charge in [-0.05, 0) is 35.9 Å². The fraction of sp³-hybridized carbons (Fsp3) is 0.167. The van der Waals surface area contributed by atoms with E-state index >= 15 is 0 Å². The number of rotatable bonds is 5. The van der Waals surface area contributed by atoms with Crippen molar-refractivity contribution in [1.29, 1.82) is 0 Å². The van der Waals surface area contributed by atoms with Crippen LogP contribution in [0.15, 0.2) is 48.7 Å². The number of nitrogens with one attached hydrogen (secondary N) is 1. The van der Waals surface area contributed by atoms with Gasteiger partial charge in [0.25, 0.3) is 0 Å². The molecular weight excluding hydrogens is 334 g/mol. The van der Waals surface area contributed by atoms with Crippen molar-refractivity contribution in [2.45, 2.75) is 12.6 Å². The summed E-state index contributed by atoms with van der Waals surface area (Å²) in [5.41, 5.74) is 1.30. The number of nitrogens with zero attached hydrogens (tertiary/aromatic N) is 1. The minimum Gasteiger partial charge on any atom is -0.387 e. The molecule has 0 bridgehead atoms. The Balaban J connectivity index is 1.73. The number of halogens is 3. The van der Waals surface area contributed by atoms with E-state index in [4.69, 9.17) is 11.6 Å². The Morgan fingerprint density at radius 2 is 1.88 bits per heavy atom. The first-order valence-electron chi connectivity index (χ1n) is 7.42. The van der Waals surface area contributed by atoms with Crippen molar-refractivity contribution < 1.29 is 13.9 Å². The smallest absolute Gasteiger partial charge is 0.131 e. The molecule has 3 rings (SSSR count). The van der Waals surface area contributed by atoms with Gasteiger partial charge in [0.2, 0.25) is 0 Å². The summed E-state index contributed by atoms with van der Waals surface area (Å²) in [6.45, 7) is 0.361. The van der Waals surface area contributed by atoms with E-state index in [2.05, 4.69) is 10.3 Å². The number of hydrogen-bond donors (Lipinski definition) is 2. The highest BCUT2D eigenvalue weighted by molar-refractivity contribution is 6.31. The Kier molecular flexibility index (Phi) is 5.04. The Bertz CT molecular complexity index is 853. The number of aromatic nitrogens is 1. The Morgan fingerprint density at radius 3 is 2.62 bits per heavy atom. The summed E-state index contributed by atoms with van der Waals surface area (Å²) in [6, 6.07) is 10.8. The lowest BCUT2D eigenvalue weighted by Gasteiger charge is -2.14. The minimum absolute atomic E-state index is 0.00130. The average molecular weight is 349 g/mol. The minimum atomic E-state index is -1.29. The molecular formula is C18H15ClF2N2O. The Morgan fingerprint density at radius 1 is 1.12 bits per heavy atom. The van der Waals surface area contributed by atoms with Gasteiger partial charge in [-0.25, -0.2) is 8.78 Å². The monoisotopic (exact) mass is 348 g/mol. The van der Waals surface area contributed by atoms with Gasteiger partial charge >= 0.3 is 0 Å². The zero-order valence-corrected chi connectivity index (χ0v) is 13.4. The van der Waals surface area contributed by atoms with Gasteiger partial charge in [0.05, 0.1) is 17.2 Å². The molecule has 0 aliphatic heterocycles. The number of pyridine rings is 1. The number of aliphatic hydroxyl groups excluding tert-OH is 1. The van der Waals surface area contributed by atoms with Crippen molar-refractivity contribution >= 4 is 22.5 Å². The Hall–Kier alpha value is -2.08. The van der Waals surface area contributed by atoms with Crippen LogP contribution >= 0.6 is 11.6 Å². The molecule has 0 aliphatic carbocycles. The van der Waals surface area contributed by atoms with E-state index in [0.29, 0.717) is 11.6 Å². The summed E-state index contributed by atoms with van der Waals surface area (Å²) in [6.07, 6.45) is 0.396. The zero-order valence-electron chi connectivity index (χ0n) is 12.6. The largest absolute Gasteiger partial charge is 0.387 e. The maximum absolute atomic E-state index is 13.7. The first-order valence-corrected chi connectivity index (χ1v) is 7.80. The van der Waals surface area contributed by atoms with Crippen LogP contribution in [-0.4, -0.2) is 16.6 Å². The normalized spacial score (nSPS) is 12.5. The molecule has 3 nitrogen and oxygen atoms in total. The molecule has 2 N–H and O–H groups in total. The number of fused-ring (bicyclic) bond motifs is 1. The molecule has 0 fully saturated rings. The van der Waals surface area contributed by atoms with E-state index in [9.17, 15) is 13.9 Å². The lowest BCUT2D eigenvalue weighted by molar-refractivity contribution is 0.164. The molecule has 6 heteroatoms. The van der Waals surface area contributed by atoms with Crippen LogP contribution in [0.4, 0.5) is 8.78 Å². The molecule has 124 valence electrons. The maximum atomic E-state index is 13.7. The highest BCUT2D eigenvalue weighted by Crippen LogP contribution is 2.23. The zero-order chi connectivity index (χ0) is 17.1. The first kappa shape index (κ1) is 16.8. The van der Waals surface area contributed by atoms with Gasteiger partial charge in [-0.2, -0.15) is 0 Å². The van der Waals surface area contributed by atoms with Crippen molar-refractivity contribution in [3.63, 3.8) is 0 Å². The molecule has 24 heavy (non-hydrogen) atoms. The summed E-state index contributed by atoms with van der Waals surface area (Å²) >= 11 is 6.10. The third-order valence-electron chi connectivity index (χ3n) is 3.73. The van der Waals surface area contributed by atoms with Crippen molar-refractivity contribution in [2.24, 2.45) is 0 Å². The SMILES string of the molecule is OC(CNCc1cc(Cl)cc2cccnc12)c1c(F)cccc1F. The third-order valence-corrected chi connectivity index (χ3v) is 3.95. The molecule has 0 spiro atoms. The van der Waals surface area contributed by atoms with Crippen molar-refractivity contribution in [1.82, 2.24) is 10.3 Å².